The molecule has 27 heavy (non-hydrogen) atoms. The van der Waals surface area contributed by atoms with Crippen LogP contribution in [0, 0.1) is 5.92 Å². The number of benzene rings is 1. The maximum absolute atomic E-state index is 12.6. The number of sulfonamides is 1. The lowest BCUT2D eigenvalue weighted by atomic mass is 10.1. The quantitative estimate of drug-likeness (QED) is 0.688. The van der Waals surface area contributed by atoms with Gasteiger partial charge in [0.2, 0.25) is 10.0 Å². The Balaban J connectivity index is 2.09. The third-order valence-electron chi connectivity index (χ3n) is 4.37. The van der Waals surface area contributed by atoms with Crippen molar-refractivity contribution in [3.63, 3.8) is 0 Å². The molecule has 1 aliphatic heterocycles. The molecule has 1 saturated heterocycles. The molecule has 1 fully saturated rings. The van der Waals surface area contributed by atoms with Gasteiger partial charge in [-0.15, -0.1) is 0 Å². The zero-order chi connectivity index (χ0) is 20.2. The summed E-state index contributed by atoms with van der Waals surface area (Å²) in [5, 5.41) is 0.270. The monoisotopic (exact) mass is 416 g/mol. The van der Waals surface area contributed by atoms with E-state index in [1.807, 2.05) is 0 Å². The number of hydrogen-bond acceptors (Lipinski definition) is 5. The van der Waals surface area contributed by atoms with Crippen molar-refractivity contribution in [2.75, 3.05) is 13.1 Å². The molecular formula is C18H25ClN2O5S. The van der Waals surface area contributed by atoms with E-state index in [1.54, 1.807) is 24.8 Å². The van der Waals surface area contributed by atoms with Gasteiger partial charge >= 0.3 is 5.97 Å². The molecule has 1 aliphatic rings. The van der Waals surface area contributed by atoms with E-state index in [-0.39, 0.29) is 21.7 Å². The summed E-state index contributed by atoms with van der Waals surface area (Å²) in [5.74, 6) is -1.42. The van der Waals surface area contributed by atoms with E-state index >= 15 is 0 Å². The van der Waals surface area contributed by atoms with Crippen molar-refractivity contribution in [3.05, 3.63) is 29.3 Å². The van der Waals surface area contributed by atoms with Crippen LogP contribution in [0.2, 0.25) is 5.02 Å². The minimum absolute atomic E-state index is 0.0466. The second-order valence-corrected chi connectivity index (χ2v) is 9.06. The molecule has 0 spiro atoms. The predicted octanol–water partition coefficient (Wildman–Crippen LogP) is 2.20. The Labute approximate surface area is 165 Å². The minimum Gasteiger partial charge on any atom is -0.451 e. The van der Waals surface area contributed by atoms with E-state index in [4.69, 9.17) is 16.3 Å². The first kappa shape index (κ1) is 21.7. The van der Waals surface area contributed by atoms with Gasteiger partial charge in [0.1, 0.15) is 6.04 Å². The van der Waals surface area contributed by atoms with Crippen molar-refractivity contribution in [2.45, 2.75) is 50.7 Å². The Morgan fingerprint density at radius 1 is 1.19 bits per heavy atom. The average molecular weight is 417 g/mol. The second-order valence-electron chi connectivity index (χ2n) is 6.91. The number of rotatable bonds is 7. The van der Waals surface area contributed by atoms with Gasteiger partial charge in [0.25, 0.3) is 5.91 Å². The molecule has 0 radical (unpaired) electrons. The molecule has 2 atom stereocenters. The van der Waals surface area contributed by atoms with Crippen molar-refractivity contribution in [3.8, 4) is 0 Å². The normalized spacial score (nSPS) is 17.0. The number of halogens is 1. The van der Waals surface area contributed by atoms with Crippen LogP contribution in [-0.2, 0) is 24.3 Å². The molecule has 1 N–H and O–H groups in total. The van der Waals surface area contributed by atoms with Crippen LogP contribution in [0.25, 0.3) is 0 Å². The molecule has 1 aromatic carbocycles. The standard InChI is InChI=1S/C18H25ClN2O5S/c1-12(2)16(20-27(24,25)15-8-6-7-14(19)11-15)18(23)26-13(3)17(22)21-9-4-5-10-21/h6-8,11-13,16,20H,4-5,9-10H2,1-3H3/t13-,16+/m1/s1. The lowest BCUT2D eigenvalue weighted by Gasteiger charge is -2.25. The molecule has 7 nitrogen and oxygen atoms in total. The highest BCUT2D eigenvalue weighted by Crippen LogP contribution is 2.18. The van der Waals surface area contributed by atoms with Crippen LogP contribution in [-0.4, -0.2) is 50.4 Å². The molecule has 9 heteroatoms. The smallest absolute Gasteiger partial charge is 0.325 e. The Hall–Kier alpha value is -1.64. The number of hydrogen-bond donors (Lipinski definition) is 1. The average Bonchev–Trinajstić information content (AvgIpc) is 3.13. The summed E-state index contributed by atoms with van der Waals surface area (Å²) in [7, 11) is -3.97. The first-order valence-electron chi connectivity index (χ1n) is 8.89. The van der Waals surface area contributed by atoms with E-state index in [9.17, 15) is 18.0 Å². The second kappa shape index (κ2) is 9.03. The molecule has 150 valence electrons. The largest absolute Gasteiger partial charge is 0.451 e. The predicted molar refractivity (Wildman–Crippen MR) is 102 cm³/mol. The first-order valence-corrected chi connectivity index (χ1v) is 10.7. The van der Waals surface area contributed by atoms with Crippen molar-refractivity contribution in [2.24, 2.45) is 5.92 Å². The number of likely N-dealkylation sites (tertiary alicyclic amines) is 1. The summed E-state index contributed by atoms with van der Waals surface area (Å²) in [6, 6.07) is 4.63. The van der Waals surface area contributed by atoms with E-state index in [0.717, 1.165) is 12.8 Å². The molecule has 0 bridgehead atoms. The number of ether oxygens (including phenoxy) is 1. The van der Waals surface area contributed by atoms with Crippen LogP contribution in [0.15, 0.2) is 29.2 Å². The van der Waals surface area contributed by atoms with Gasteiger partial charge in [-0.25, -0.2) is 8.42 Å². The molecule has 1 amide bonds. The highest BCUT2D eigenvalue weighted by Gasteiger charge is 2.33. The van der Waals surface area contributed by atoms with Crippen LogP contribution in [0.3, 0.4) is 0 Å². The van der Waals surface area contributed by atoms with Crippen LogP contribution < -0.4 is 4.72 Å². The fourth-order valence-electron chi connectivity index (χ4n) is 2.82. The lowest BCUT2D eigenvalue weighted by molar-refractivity contribution is -0.160. The van der Waals surface area contributed by atoms with Gasteiger partial charge in [0, 0.05) is 18.1 Å². The van der Waals surface area contributed by atoms with E-state index in [1.165, 1.54) is 25.1 Å². The van der Waals surface area contributed by atoms with Crippen molar-refractivity contribution >= 4 is 33.5 Å². The zero-order valence-electron chi connectivity index (χ0n) is 15.6. The fourth-order valence-corrected chi connectivity index (χ4v) is 4.45. The Bertz CT molecular complexity index is 791. The van der Waals surface area contributed by atoms with Gasteiger partial charge in [-0.2, -0.15) is 4.72 Å². The van der Waals surface area contributed by atoms with Crippen LogP contribution >= 0.6 is 11.6 Å². The number of amides is 1. The van der Waals surface area contributed by atoms with E-state index in [2.05, 4.69) is 4.72 Å². The molecular weight excluding hydrogens is 392 g/mol. The third kappa shape index (κ3) is 5.67. The highest BCUT2D eigenvalue weighted by molar-refractivity contribution is 7.89. The number of esters is 1. The lowest BCUT2D eigenvalue weighted by Crippen LogP contribution is -2.47. The molecule has 1 aromatic rings. The first-order chi connectivity index (χ1) is 12.6. The summed E-state index contributed by atoms with van der Waals surface area (Å²) in [6.07, 6.45) is 0.897. The Morgan fingerprint density at radius 2 is 1.81 bits per heavy atom. The van der Waals surface area contributed by atoms with Gasteiger partial charge in [0.15, 0.2) is 6.10 Å². The Kier molecular flexibility index (Phi) is 7.25. The summed E-state index contributed by atoms with van der Waals surface area (Å²) >= 11 is 5.85. The molecule has 1 heterocycles. The maximum atomic E-state index is 12.6. The summed E-state index contributed by atoms with van der Waals surface area (Å²) in [5.41, 5.74) is 0. The van der Waals surface area contributed by atoms with Crippen LogP contribution in [0.5, 0.6) is 0 Å². The van der Waals surface area contributed by atoms with E-state index < -0.39 is 28.1 Å². The molecule has 0 unspecified atom stereocenters. The number of nitrogens with one attached hydrogen (secondary N) is 1. The topological polar surface area (TPSA) is 92.8 Å². The van der Waals surface area contributed by atoms with Gasteiger partial charge in [-0.05, 0) is 43.9 Å². The van der Waals surface area contributed by atoms with Crippen LogP contribution in [0.4, 0.5) is 0 Å². The third-order valence-corrected chi connectivity index (χ3v) is 6.04. The van der Waals surface area contributed by atoms with Crippen molar-refractivity contribution < 1.29 is 22.7 Å². The SMILES string of the molecule is CC(C)[C@H](NS(=O)(=O)c1cccc(Cl)c1)C(=O)O[C@H](C)C(=O)N1CCCC1. The van der Waals surface area contributed by atoms with Crippen LogP contribution in [0.1, 0.15) is 33.6 Å². The summed E-state index contributed by atoms with van der Waals surface area (Å²) < 4.78 is 32.8. The van der Waals surface area contributed by atoms with Gasteiger partial charge in [0.05, 0.1) is 4.90 Å². The van der Waals surface area contributed by atoms with Crippen molar-refractivity contribution in [1.82, 2.24) is 9.62 Å². The van der Waals surface area contributed by atoms with Gasteiger partial charge in [-0.1, -0.05) is 31.5 Å². The fraction of sp³-hybridized carbons (Fsp3) is 0.556. The summed E-state index contributed by atoms with van der Waals surface area (Å²) in [4.78, 5) is 26.5. The number of carbonyl (C=O) groups is 2. The maximum Gasteiger partial charge on any atom is 0.325 e. The zero-order valence-corrected chi connectivity index (χ0v) is 17.2. The number of carbonyl (C=O) groups excluding carboxylic acids is 2. The minimum atomic E-state index is -3.97. The molecule has 0 aromatic heterocycles. The number of nitrogens with zero attached hydrogens (tertiary/aromatic N) is 1. The van der Waals surface area contributed by atoms with E-state index in [0.29, 0.717) is 13.1 Å². The highest BCUT2D eigenvalue weighted by atomic mass is 35.5. The van der Waals surface area contributed by atoms with Gasteiger partial charge < -0.3 is 9.64 Å². The van der Waals surface area contributed by atoms with Gasteiger partial charge in [-0.3, -0.25) is 9.59 Å². The molecule has 0 aliphatic carbocycles. The molecule has 2 rings (SSSR count). The Morgan fingerprint density at radius 3 is 2.37 bits per heavy atom. The van der Waals surface area contributed by atoms with Crippen molar-refractivity contribution in [1.29, 1.82) is 0 Å². The summed E-state index contributed by atoms with van der Waals surface area (Å²) in [6.45, 7) is 6.19. The molecule has 0 saturated carbocycles.